The number of phenols is 2. The lowest BCUT2D eigenvalue weighted by Gasteiger charge is -2.41. The molecule has 0 radical (unpaired) electrons. The standard InChI is InChI=1S/C67H85FN8O16/c1-32(2)28-73-22-20-67(21-23-73)70-50-47-48-57(81)39(9)61-49(47)63(72-90-31-46(78)75-25-24-74(29-35(75)5)54-44(68)27-42-53(62(54)88-13)76(41-17-18-41)30-43(58(42)82)65(85)86)66(11,92-61)89-26-19-45(87-12)36(6)60(91-40(10)77)38(8)56(80)37(7)55(79)33(3)15-14-16-34(4)64(84)69-52(59(48)83)51(50)71-67/h14-16,19,26-27,30,32-33,35-38,41,45,55-56,60,79-81,83H,17-18,20-25,28-29,31H2,1-13H3,(H,69,84)(H,85,86)/t33-,35?,36+,37+,38+,45-,55-,56+,60+,66-/m0/s1. The van der Waals surface area contributed by atoms with Gasteiger partial charge in [0.2, 0.25) is 5.43 Å². The van der Waals surface area contributed by atoms with Gasteiger partial charge in [0.25, 0.3) is 17.6 Å². The molecule has 25 heteroatoms. The Labute approximate surface area is 532 Å². The van der Waals surface area contributed by atoms with Crippen LogP contribution in [0.1, 0.15) is 122 Å². The second kappa shape index (κ2) is 26.1. The first-order valence-electron chi connectivity index (χ1n) is 31.5. The minimum absolute atomic E-state index is 0.0504. The van der Waals surface area contributed by atoms with Gasteiger partial charge in [-0.15, -0.1) is 0 Å². The molecule has 24 nitrogen and oxygen atoms in total. The molecule has 1 unspecified atom stereocenters. The van der Waals surface area contributed by atoms with E-state index in [1.54, 1.807) is 87.1 Å². The number of aromatic hydroxyl groups is 2. The molecule has 10 rings (SSSR count). The van der Waals surface area contributed by atoms with Crippen LogP contribution in [0.3, 0.4) is 0 Å². The van der Waals surface area contributed by atoms with Crippen molar-refractivity contribution in [1.29, 1.82) is 0 Å². The number of carboxylic acid groups (broad SMARTS) is 1. The van der Waals surface area contributed by atoms with Crippen LogP contribution >= 0.6 is 0 Å². The van der Waals surface area contributed by atoms with Crippen molar-refractivity contribution in [3.05, 3.63) is 91.8 Å². The Morgan fingerprint density at radius 1 is 0.924 bits per heavy atom. The summed E-state index contributed by atoms with van der Waals surface area (Å²) in [6, 6.07) is 0.362. The molecular weight excluding hydrogens is 1190 g/mol. The van der Waals surface area contributed by atoms with E-state index in [0.717, 1.165) is 25.5 Å². The van der Waals surface area contributed by atoms with Crippen LogP contribution in [0.2, 0.25) is 0 Å². The lowest BCUT2D eigenvalue weighted by Crippen LogP contribution is -2.55. The smallest absolute Gasteiger partial charge is 0.341 e. The van der Waals surface area contributed by atoms with Crippen molar-refractivity contribution in [3.63, 3.8) is 0 Å². The third-order valence-electron chi connectivity index (χ3n) is 19.1. The number of allylic oxidation sites excluding steroid dienone is 2. The fourth-order valence-electron chi connectivity index (χ4n) is 13.8. The predicted molar refractivity (Wildman–Crippen MR) is 339 cm³/mol. The Hall–Kier alpha value is -8.13. The molecule has 1 aliphatic carbocycles. The van der Waals surface area contributed by atoms with E-state index in [2.05, 4.69) is 29.2 Å². The first-order chi connectivity index (χ1) is 43.5. The van der Waals surface area contributed by atoms with E-state index >= 15 is 4.39 Å². The highest BCUT2D eigenvalue weighted by Gasteiger charge is 2.50. The summed E-state index contributed by atoms with van der Waals surface area (Å²) < 4.78 is 49.3. The minimum atomic E-state index is -1.98. The number of oxime groups is 1. The number of ether oxygens (including phenoxy) is 5. The first-order valence-corrected chi connectivity index (χ1v) is 31.5. The summed E-state index contributed by atoms with van der Waals surface area (Å²) in [5.41, 5.74) is -1.77. The third kappa shape index (κ3) is 12.4. The van der Waals surface area contributed by atoms with Gasteiger partial charge >= 0.3 is 11.9 Å². The van der Waals surface area contributed by atoms with Gasteiger partial charge in [-0.05, 0) is 51.7 Å². The number of carbonyl (C=O) groups is 4. The van der Waals surface area contributed by atoms with Gasteiger partial charge in [0.15, 0.2) is 35.3 Å². The monoisotopic (exact) mass is 1280 g/mol. The number of hydrogen-bond donors (Lipinski definition) is 6. The van der Waals surface area contributed by atoms with Crippen LogP contribution < -0.4 is 35.8 Å². The highest BCUT2D eigenvalue weighted by atomic mass is 19.1. The van der Waals surface area contributed by atoms with Crippen molar-refractivity contribution in [2.75, 3.05) is 70.3 Å². The normalized spacial score (nSPS) is 27.4. The number of likely N-dealkylation sites (tertiary alicyclic amines) is 1. The molecule has 6 N–H and O–H groups in total. The number of benzene rings is 3. The van der Waals surface area contributed by atoms with Crippen molar-refractivity contribution in [2.24, 2.45) is 44.7 Å². The Morgan fingerprint density at radius 3 is 2.25 bits per heavy atom. The average molecular weight is 1280 g/mol. The number of rotatable bonds is 11. The van der Waals surface area contributed by atoms with Crippen molar-refractivity contribution >= 4 is 62.5 Å². The molecule has 2 saturated heterocycles. The zero-order valence-electron chi connectivity index (χ0n) is 54.4. The summed E-state index contributed by atoms with van der Waals surface area (Å²) in [6.45, 7) is 20.7. The molecule has 1 aromatic heterocycles. The lowest BCUT2D eigenvalue weighted by atomic mass is 9.78. The van der Waals surface area contributed by atoms with Crippen LogP contribution in [0.15, 0.2) is 68.3 Å². The SMILES string of the molecule is COc1c(N2CCN(C(=O)CON=C3c4c5c(C)c(O)c6c(O)c(c7c(c46)=NC4(CCN(CC(C)C)CC4)N=7)NC(=O)C(C)=CC=C[C@H](C)[C@H](O)[C@@H](C)[C@@H](O)[C@@H](C)[C@H](OC(C)=O)[C@H](C)[C@@H](OC)C=CO[C@@]3(C)O5)C(C)C2)c(F)cc2c(=O)c(C(=O)O)cn(C3CC3)c12. The molecule has 5 aliphatic heterocycles. The number of halogens is 1. The number of esters is 1. The summed E-state index contributed by atoms with van der Waals surface area (Å²) >= 11 is 0. The number of piperazine rings is 1. The Kier molecular flexibility index (Phi) is 18.9. The number of aliphatic hydroxyl groups excluding tert-OH is 2. The van der Waals surface area contributed by atoms with Crippen molar-refractivity contribution in [1.82, 2.24) is 14.4 Å². The van der Waals surface area contributed by atoms with E-state index in [-0.39, 0.29) is 103 Å². The molecule has 1 saturated carbocycles. The van der Waals surface area contributed by atoms with Crippen molar-refractivity contribution in [2.45, 2.75) is 150 Å². The number of aliphatic hydroxyl groups is 2. The number of nitrogens with zero attached hydrogens (tertiary/aromatic N) is 7. The number of anilines is 2. The maximum absolute atomic E-state index is 16.5. The number of carbonyl (C=O) groups excluding carboxylic acids is 3. The molecule has 6 heterocycles. The Bertz CT molecular complexity index is 3950. The van der Waals surface area contributed by atoms with Crippen LogP contribution in [0.4, 0.5) is 15.8 Å². The number of phenolic OH excluding ortho intramolecular Hbond substituents is 2. The van der Waals surface area contributed by atoms with Gasteiger partial charge < -0.3 is 78.6 Å². The number of pyridine rings is 1. The Balaban J connectivity index is 1.07. The quantitative estimate of drug-likeness (QED) is 0.0529. The minimum Gasteiger partial charge on any atom is -0.507 e. The zero-order valence-corrected chi connectivity index (χ0v) is 54.4. The molecule has 3 aromatic carbocycles. The largest absolute Gasteiger partial charge is 0.507 e. The van der Waals surface area contributed by atoms with Crippen LogP contribution in [-0.2, 0) is 33.4 Å². The van der Waals surface area contributed by atoms with Crippen LogP contribution in [0.5, 0.6) is 23.0 Å². The number of piperidine rings is 1. The Morgan fingerprint density at radius 2 is 1.62 bits per heavy atom. The van der Waals surface area contributed by atoms with Gasteiger partial charge in [0.05, 0.1) is 58.9 Å². The van der Waals surface area contributed by atoms with Crippen LogP contribution in [0, 0.1) is 42.3 Å². The topological polar surface area (TPSA) is 306 Å². The van der Waals surface area contributed by atoms with E-state index in [1.807, 2.05) is 0 Å². The highest BCUT2D eigenvalue weighted by Crippen LogP contribution is 2.51. The maximum atomic E-state index is 16.5. The predicted octanol–water partition coefficient (Wildman–Crippen LogP) is 6.52. The molecule has 4 aromatic rings. The van der Waals surface area contributed by atoms with Gasteiger partial charge in [0, 0.05) is 132 Å². The van der Waals surface area contributed by atoms with Gasteiger partial charge in [0.1, 0.15) is 39.9 Å². The molecule has 3 fully saturated rings. The van der Waals surface area contributed by atoms with E-state index in [9.17, 15) is 49.5 Å². The van der Waals surface area contributed by atoms with Crippen LogP contribution in [-0.4, -0.2) is 171 Å². The fourth-order valence-corrected chi connectivity index (χ4v) is 13.8. The number of methoxy groups -OCH3 is 2. The second-order valence-corrected chi connectivity index (χ2v) is 26.2. The van der Waals surface area contributed by atoms with Gasteiger partial charge in [-0.1, -0.05) is 64.9 Å². The number of aromatic nitrogens is 1. The summed E-state index contributed by atoms with van der Waals surface area (Å²) in [5.74, 6) is -9.11. The summed E-state index contributed by atoms with van der Waals surface area (Å²) in [7, 11) is 2.81. The average Bonchev–Trinajstić information content (AvgIpc) is 1.49. The maximum Gasteiger partial charge on any atom is 0.341 e. The third-order valence-corrected chi connectivity index (χ3v) is 19.1. The van der Waals surface area contributed by atoms with E-state index in [4.69, 9.17) is 38.5 Å². The van der Waals surface area contributed by atoms with E-state index < -0.39 is 124 Å². The second-order valence-electron chi connectivity index (χ2n) is 26.2. The number of carboxylic acids is 1. The molecule has 10 atom stereocenters. The molecule has 6 aliphatic rings. The van der Waals surface area contributed by atoms with E-state index in [0.29, 0.717) is 31.8 Å². The van der Waals surface area contributed by atoms with Gasteiger partial charge in [-0.2, -0.15) is 0 Å². The summed E-state index contributed by atoms with van der Waals surface area (Å²) in [5, 5.41) is 66.3. The first kappa shape index (κ1) is 66.8. The lowest BCUT2D eigenvalue weighted by molar-refractivity contribution is -0.160. The fraction of sp³-hybridized carbons (Fsp3) is 0.552. The highest BCUT2D eigenvalue weighted by molar-refractivity contribution is 6.21. The molecule has 92 heavy (non-hydrogen) atoms. The van der Waals surface area contributed by atoms with Crippen LogP contribution in [0.25, 0.3) is 21.7 Å². The number of amides is 2. The van der Waals surface area contributed by atoms with E-state index in [1.165, 1.54) is 40.5 Å². The van der Waals surface area contributed by atoms with Gasteiger partial charge in [-0.3, -0.25) is 29.2 Å². The summed E-state index contributed by atoms with van der Waals surface area (Å²) in [6.07, 6.45) is 7.28. The molecule has 5 bridgehead atoms. The number of fused-ring (bicyclic) bond motifs is 5. The number of hydrogen-bond acceptors (Lipinski definition) is 20. The molecule has 496 valence electrons. The number of nitrogens with one attached hydrogen (secondary N) is 1. The zero-order chi connectivity index (χ0) is 66.7. The van der Waals surface area contributed by atoms with Crippen molar-refractivity contribution in [3.8, 4) is 23.0 Å². The van der Waals surface area contributed by atoms with Gasteiger partial charge in [-0.25, -0.2) is 9.18 Å². The molecule has 1 spiro atoms. The number of aromatic carboxylic acids is 1. The van der Waals surface area contributed by atoms with Crippen molar-refractivity contribution < 1.29 is 77.6 Å². The molecule has 2 amide bonds. The molecular formula is C67H85FN8O16. The summed E-state index contributed by atoms with van der Waals surface area (Å²) in [4.78, 5) is 89.6.